The van der Waals surface area contributed by atoms with Crippen molar-refractivity contribution in [1.82, 2.24) is 0 Å². The van der Waals surface area contributed by atoms with E-state index in [0.717, 1.165) is 57.8 Å². The van der Waals surface area contributed by atoms with Crippen molar-refractivity contribution in [3.05, 3.63) is 0 Å². The minimum Gasteiger partial charge on any atom is -0.550 e. The summed E-state index contributed by atoms with van der Waals surface area (Å²) in [5, 5.41) is 29.8. The summed E-state index contributed by atoms with van der Waals surface area (Å²) in [5.74, 6) is -0.735. The van der Waals surface area contributed by atoms with Crippen LogP contribution >= 0.6 is 0 Å². The van der Waals surface area contributed by atoms with E-state index in [-0.39, 0.29) is 52.0 Å². The molecule has 0 rings (SSSR count). The van der Waals surface area contributed by atoms with Crippen LogP contribution in [0.3, 0.4) is 0 Å². The first kappa shape index (κ1) is 37.8. The Morgan fingerprint density at radius 2 is 0.677 bits per heavy atom. The monoisotopic (exact) mass is 518 g/mol. The zero-order valence-corrected chi connectivity index (χ0v) is 23.6. The fraction of sp³-hybridized carbons (Fsp3) is 0.875. The molecule has 0 atom stereocenters. The number of hydrogen-bond donors (Lipinski definition) is 0. The van der Waals surface area contributed by atoms with Crippen LogP contribution in [0, 0.1) is 17.8 Å². The van der Waals surface area contributed by atoms with Gasteiger partial charge in [-0.15, -0.1) is 0 Å². The van der Waals surface area contributed by atoms with Gasteiger partial charge in [0.15, 0.2) is 0 Å². The Kier molecular flexibility index (Phi) is 33.6. The summed E-state index contributed by atoms with van der Waals surface area (Å²) in [6, 6.07) is 0. The van der Waals surface area contributed by atoms with Crippen molar-refractivity contribution < 1.29 is 62.4 Å². The second-order valence-corrected chi connectivity index (χ2v) is 9.03. The van der Waals surface area contributed by atoms with Crippen LogP contribution < -0.4 is 15.3 Å². The molecule has 0 fully saturated rings. The number of unbranched alkanes of at least 4 members (excludes halogenated alkanes) is 3. The van der Waals surface area contributed by atoms with E-state index in [1.165, 1.54) is 0 Å². The molecule has 0 amide bonds. The second-order valence-electron chi connectivity index (χ2n) is 9.03. The summed E-state index contributed by atoms with van der Waals surface area (Å²) in [7, 11) is 0. The summed E-state index contributed by atoms with van der Waals surface area (Å²) in [6.07, 6.45) is 9.31. The quantitative estimate of drug-likeness (QED) is 0.308. The number of hydrogen-bond acceptors (Lipinski definition) is 6. The molecular weight excluding hydrogens is 473 g/mol. The molecule has 180 valence electrons. The van der Waals surface area contributed by atoms with E-state index in [1.807, 2.05) is 0 Å². The number of carbonyl (C=O) groups is 3. The average molecular weight is 519 g/mol. The Balaban J connectivity index is -0.000000174. The molecular formula is C24H45O6Y. The van der Waals surface area contributed by atoms with E-state index < -0.39 is 17.9 Å². The van der Waals surface area contributed by atoms with E-state index in [0.29, 0.717) is 17.8 Å². The molecule has 6 nitrogen and oxygen atoms in total. The van der Waals surface area contributed by atoms with Gasteiger partial charge in [-0.2, -0.15) is 0 Å². The Morgan fingerprint density at radius 3 is 0.806 bits per heavy atom. The van der Waals surface area contributed by atoms with Crippen LogP contribution in [0.2, 0.25) is 0 Å². The molecule has 0 unspecified atom stereocenters. The van der Waals surface area contributed by atoms with Crippen LogP contribution in [0.15, 0.2) is 0 Å². The molecule has 0 aliphatic rings. The molecule has 0 aromatic rings. The Morgan fingerprint density at radius 1 is 0.484 bits per heavy atom. The maximum absolute atomic E-state index is 9.93. The van der Waals surface area contributed by atoms with Gasteiger partial charge in [-0.25, -0.2) is 0 Å². The van der Waals surface area contributed by atoms with Gasteiger partial charge in [0.05, 0.1) is 0 Å². The van der Waals surface area contributed by atoms with Gasteiger partial charge in [0.2, 0.25) is 0 Å². The SMILES string of the molecule is CC(C)CCCCC(=O)[O-].CC(C)CCCCC(=O)[O-].CC(C)CCCCC(=O)[O-].[Y+3]. The molecule has 0 N–H and O–H groups in total. The number of carbonyl (C=O) groups excluding carboxylic acids is 3. The minimum atomic E-state index is -0.927. The van der Waals surface area contributed by atoms with Crippen molar-refractivity contribution in [2.45, 2.75) is 119 Å². The summed E-state index contributed by atoms with van der Waals surface area (Å²) in [4.78, 5) is 29.8. The van der Waals surface area contributed by atoms with Crippen LogP contribution in [0.5, 0.6) is 0 Å². The first-order chi connectivity index (χ1) is 13.9. The van der Waals surface area contributed by atoms with Gasteiger partial charge in [-0.3, -0.25) is 0 Å². The number of carboxylic acids is 3. The van der Waals surface area contributed by atoms with Crippen molar-refractivity contribution in [2.75, 3.05) is 0 Å². The van der Waals surface area contributed by atoms with Crippen LogP contribution in [-0.4, -0.2) is 17.9 Å². The van der Waals surface area contributed by atoms with Crippen LogP contribution in [0.25, 0.3) is 0 Å². The maximum atomic E-state index is 9.93. The molecule has 0 aliphatic heterocycles. The largest absolute Gasteiger partial charge is 3.00 e. The number of carboxylic acid groups (broad SMARTS) is 3. The normalized spacial score (nSPS) is 9.97. The first-order valence-corrected chi connectivity index (χ1v) is 11.5. The van der Waals surface area contributed by atoms with Crippen molar-refractivity contribution in [1.29, 1.82) is 0 Å². The Bertz CT molecular complexity index is 360. The standard InChI is InChI=1S/3C8H16O2.Y/c3*1-7(2)5-3-4-6-8(9)10;/h3*7H,3-6H2,1-2H3,(H,9,10);/q;;;+3/p-3. The molecule has 0 saturated carbocycles. The van der Waals surface area contributed by atoms with Crippen molar-refractivity contribution >= 4 is 17.9 Å². The van der Waals surface area contributed by atoms with E-state index >= 15 is 0 Å². The summed E-state index contributed by atoms with van der Waals surface area (Å²) >= 11 is 0. The molecule has 0 spiro atoms. The molecule has 7 heteroatoms. The zero-order chi connectivity index (χ0) is 23.9. The fourth-order valence-corrected chi connectivity index (χ4v) is 2.47. The summed E-state index contributed by atoms with van der Waals surface area (Å²) in [5.41, 5.74) is 0. The predicted octanol–water partition coefficient (Wildman–Crippen LogP) is 2.86. The average Bonchev–Trinajstić information content (AvgIpc) is 2.60. The van der Waals surface area contributed by atoms with Gasteiger partial charge in [0, 0.05) is 17.9 Å². The van der Waals surface area contributed by atoms with Gasteiger partial charge in [0.1, 0.15) is 0 Å². The molecule has 0 aromatic heterocycles. The molecule has 31 heavy (non-hydrogen) atoms. The van der Waals surface area contributed by atoms with Gasteiger partial charge in [0.25, 0.3) is 0 Å². The Labute approximate surface area is 215 Å². The third-order valence-electron chi connectivity index (χ3n) is 4.24. The molecule has 0 radical (unpaired) electrons. The molecule has 0 aliphatic carbocycles. The van der Waals surface area contributed by atoms with Gasteiger partial charge >= 0.3 is 32.7 Å². The van der Waals surface area contributed by atoms with E-state index in [4.69, 9.17) is 0 Å². The van der Waals surface area contributed by atoms with Crippen LogP contribution in [0.4, 0.5) is 0 Å². The number of rotatable bonds is 15. The van der Waals surface area contributed by atoms with Gasteiger partial charge in [-0.05, 0) is 56.3 Å². The van der Waals surface area contributed by atoms with E-state index in [9.17, 15) is 29.7 Å². The van der Waals surface area contributed by atoms with Crippen molar-refractivity contribution in [3.8, 4) is 0 Å². The number of aliphatic carboxylic acids is 3. The third-order valence-corrected chi connectivity index (χ3v) is 4.24. The van der Waals surface area contributed by atoms with Crippen molar-refractivity contribution in [2.24, 2.45) is 17.8 Å². The van der Waals surface area contributed by atoms with Gasteiger partial charge < -0.3 is 29.7 Å². The zero-order valence-electron chi connectivity index (χ0n) is 20.7. The molecule has 0 heterocycles. The smallest absolute Gasteiger partial charge is 0.550 e. The van der Waals surface area contributed by atoms with Crippen molar-refractivity contribution in [3.63, 3.8) is 0 Å². The second kappa shape index (κ2) is 27.5. The van der Waals surface area contributed by atoms with E-state index in [2.05, 4.69) is 41.5 Å². The van der Waals surface area contributed by atoms with Crippen LogP contribution in [-0.2, 0) is 47.1 Å². The molecule has 0 aromatic carbocycles. The predicted molar refractivity (Wildman–Crippen MR) is 115 cm³/mol. The topological polar surface area (TPSA) is 120 Å². The molecule has 0 saturated heterocycles. The molecule has 0 bridgehead atoms. The maximum Gasteiger partial charge on any atom is 3.00 e. The summed E-state index contributed by atoms with van der Waals surface area (Å²) in [6.45, 7) is 12.8. The fourth-order valence-electron chi connectivity index (χ4n) is 2.47. The minimum absolute atomic E-state index is 0. The Hall–Kier alpha value is -0.486. The van der Waals surface area contributed by atoms with Gasteiger partial charge in [-0.1, -0.05) is 80.1 Å². The first-order valence-electron chi connectivity index (χ1n) is 11.5. The summed E-state index contributed by atoms with van der Waals surface area (Å²) < 4.78 is 0. The van der Waals surface area contributed by atoms with Crippen LogP contribution in [0.1, 0.15) is 119 Å². The van der Waals surface area contributed by atoms with E-state index in [1.54, 1.807) is 0 Å². The third kappa shape index (κ3) is 53.1.